The molecule has 2 heterocycles. The predicted octanol–water partition coefficient (Wildman–Crippen LogP) is 3.11. The van der Waals surface area contributed by atoms with Crippen molar-refractivity contribution in [3.63, 3.8) is 0 Å². The second-order valence-corrected chi connectivity index (χ2v) is 6.91. The van der Waals surface area contributed by atoms with Crippen LogP contribution in [0.2, 0.25) is 0 Å². The van der Waals surface area contributed by atoms with E-state index in [1.54, 1.807) is 7.11 Å². The predicted molar refractivity (Wildman–Crippen MR) is 109 cm³/mol. The Kier molecular flexibility index (Phi) is 5.12. The summed E-state index contributed by atoms with van der Waals surface area (Å²) < 4.78 is 7.16. The molecule has 0 saturated carbocycles. The molecule has 2 N–H and O–H groups in total. The Morgan fingerprint density at radius 3 is 2.82 bits per heavy atom. The van der Waals surface area contributed by atoms with Gasteiger partial charge in [-0.2, -0.15) is 5.10 Å². The Morgan fingerprint density at radius 2 is 2.04 bits per heavy atom. The van der Waals surface area contributed by atoms with E-state index in [2.05, 4.69) is 15.7 Å². The van der Waals surface area contributed by atoms with Crippen molar-refractivity contribution in [1.29, 1.82) is 0 Å². The number of fused-ring (bicyclic) bond motifs is 1. The molecule has 144 valence electrons. The molecule has 1 aliphatic heterocycles. The summed E-state index contributed by atoms with van der Waals surface area (Å²) in [6.07, 6.45) is 0.880. The molecule has 28 heavy (non-hydrogen) atoms. The highest BCUT2D eigenvalue weighted by Gasteiger charge is 2.30. The third-order valence-corrected chi connectivity index (χ3v) is 5.12. The molecule has 0 bridgehead atoms. The second-order valence-electron chi connectivity index (χ2n) is 6.91. The number of carbonyl (C=O) groups is 1. The molecule has 0 radical (unpaired) electrons. The molecule has 6 heteroatoms. The Labute approximate surface area is 164 Å². The average molecular weight is 376 g/mol. The van der Waals surface area contributed by atoms with Crippen molar-refractivity contribution in [2.24, 2.45) is 7.05 Å². The van der Waals surface area contributed by atoms with E-state index in [-0.39, 0.29) is 5.78 Å². The summed E-state index contributed by atoms with van der Waals surface area (Å²) in [4.78, 5) is 13.6. The minimum atomic E-state index is -0.533. The molecule has 0 aliphatic carbocycles. The molecule has 1 atom stereocenters. The number of aromatic nitrogens is 2. The molecular weight excluding hydrogens is 352 g/mol. The summed E-state index contributed by atoms with van der Waals surface area (Å²) in [6.45, 7) is 1.58. The molecule has 6 nitrogen and oxygen atoms in total. The summed E-state index contributed by atoms with van der Waals surface area (Å²) in [6, 6.07) is 16.8. The highest BCUT2D eigenvalue weighted by atomic mass is 16.5. The third kappa shape index (κ3) is 3.51. The number of benzene rings is 2. The van der Waals surface area contributed by atoms with Gasteiger partial charge in [0.25, 0.3) is 0 Å². The van der Waals surface area contributed by atoms with E-state index >= 15 is 0 Å². The molecule has 1 unspecified atom stereocenters. The normalized spacial score (nSPS) is 14.2. The minimum absolute atomic E-state index is 0.0328. The van der Waals surface area contributed by atoms with Crippen molar-refractivity contribution in [1.82, 2.24) is 15.1 Å². The summed E-state index contributed by atoms with van der Waals surface area (Å²) in [7, 11) is 3.54. The number of nitrogens with zero attached hydrogens (tertiary/aromatic N) is 2. The Balaban J connectivity index is 1.72. The first kappa shape index (κ1) is 18.3. The minimum Gasteiger partial charge on any atom is -0.497 e. The van der Waals surface area contributed by atoms with E-state index in [9.17, 15) is 4.79 Å². The topological polar surface area (TPSA) is 68.2 Å². The van der Waals surface area contributed by atoms with Crippen molar-refractivity contribution in [2.45, 2.75) is 19.0 Å². The van der Waals surface area contributed by atoms with E-state index in [4.69, 9.17) is 4.74 Å². The molecule has 0 spiro atoms. The SMILES string of the molecule is COc1cccc(NC(C(=O)c2nn(C)c3c2CNCC3)c2ccccc2)c1. The van der Waals surface area contributed by atoms with Gasteiger partial charge in [0.15, 0.2) is 0 Å². The maximum Gasteiger partial charge on any atom is 0.210 e. The first-order valence-corrected chi connectivity index (χ1v) is 9.42. The van der Waals surface area contributed by atoms with Crippen LogP contribution in [0.25, 0.3) is 0 Å². The summed E-state index contributed by atoms with van der Waals surface area (Å²) in [5.41, 5.74) is 4.40. The number of Topliss-reactive ketones (excluding diaryl/α,β-unsaturated/α-hetero) is 1. The number of nitrogens with one attached hydrogen (secondary N) is 2. The van der Waals surface area contributed by atoms with Gasteiger partial charge in [-0.05, 0) is 17.7 Å². The Hall–Kier alpha value is -3.12. The van der Waals surface area contributed by atoms with Crippen LogP contribution in [0.3, 0.4) is 0 Å². The van der Waals surface area contributed by atoms with Crippen molar-refractivity contribution in [3.05, 3.63) is 77.1 Å². The van der Waals surface area contributed by atoms with Crippen LogP contribution in [0, 0.1) is 0 Å². The molecule has 3 aromatic rings. The molecule has 0 fully saturated rings. The van der Waals surface area contributed by atoms with Crippen LogP contribution >= 0.6 is 0 Å². The molecular formula is C22H24N4O2. The number of rotatable bonds is 6. The fraction of sp³-hybridized carbons (Fsp3) is 0.273. The smallest absolute Gasteiger partial charge is 0.210 e. The number of hydrogen-bond donors (Lipinski definition) is 2. The van der Waals surface area contributed by atoms with Gasteiger partial charge in [-0.15, -0.1) is 0 Å². The molecule has 1 aliphatic rings. The van der Waals surface area contributed by atoms with Crippen LogP contribution in [0.4, 0.5) is 5.69 Å². The van der Waals surface area contributed by atoms with Gasteiger partial charge < -0.3 is 15.4 Å². The number of methoxy groups -OCH3 is 1. The van der Waals surface area contributed by atoms with Crippen molar-refractivity contribution >= 4 is 11.5 Å². The van der Waals surface area contributed by atoms with Gasteiger partial charge in [0.1, 0.15) is 17.5 Å². The molecule has 2 aromatic carbocycles. The van der Waals surface area contributed by atoms with E-state index in [0.29, 0.717) is 12.2 Å². The first-order valence-electron chi connectivity index (χ1n) is 9.42. The van der Waals surface area contributed by atoms with E-state index < -0.39 is 6.04 Å². The highest BCUT2D eigenvalue weighted by molar-refractivity contribution is 6.02. The monoisotopic (exact) mass is 376 g/mol. The Bertz CT molecular complexity index is 981. The summed E-state index contributed by atoms with van der Waals surface area (Å²) in [5, 5.41) is 11.3. The lowest BCUT2D eigenvalue weighted by atomic mass is 9.96. The maximum absolute atomic E-state index is 13.6. The van der Waals surface area contributed by atoms with Crippen LogP contribution in [0.5, 0.6) is 5.75 Å². The van der Waals surface area contributed by atoms with Crippen molar-refractivity contribution < 1.29 is 9.53 Å². The second kappa shape index (κ2) is 7.86. The lowest BCUT2D eigenvalue weighted by Gasteiger charge is -2.20. The zero-order valence-electron chi connectivity index (χ0n) is 16.1. The third-order valence-electron chi connectivity index (χ3n) is 5.12. The zero-order chi connectivity index (χ0) is 19.5. The molecule has 4 rings (SSSR count). The number of carbonyl (C=O) groups excluding carboxylic acids is 1. The fourth-order valence-corrected chi connectivity index (χ4v) is 3.68. The summed E-state index contributed by atoms with van der Waals surface area (Å²) in [5.74, 6) is 0.707. The van der Waals surface area contributed by atoms with Crippen LogP contribution in [-0.2, 0) is 20.0 Å². The Morgan fingerprint density at radius 1 is 1.21 bits per heavy atom. The van der Waals surface area contributed by atoms with Gasteiger partial charge in [-0.25, -0.2) is 0 Å². The van der Waals surface area contributed by atoms with E-state index in [0.717, 1.165) is 41.2 Å². The number of anilines is 1. The number of ketones is 1. The van der Waals surface area contributed by atoms with Gasteiger partial charge in [-0.3, -0.25) is 9.48 Å². The van der Waals surface area contributed by atoms with Crippen LogP contribution in [0.15, 0.2) is 54.6 Å². The maximum atomic E-state index is 13.6. The molecule has 0 saturated heterocycles. The lowest BCUT2D eigenvalue weighted by Crippen LogP contribution is -2.27. The van der Waals surface area contributed by atoms with E-state index in [1.807, 2.05) is 66.3 Å². The van der Waals surface area contributed by atoms with Crippen molar-refractivity contribution in [2.75, 3.05) is 19.0 Å². The molecule has 1 aromatic heterocycles. The fourth-order valence-electron chi connectivity index (χ4n) is 3.68. The van der Waals surface area contributed by atoms with E-state index in [1.165, 1.54) is 0 Å². The standard InChI is InChI=1S/C22H24N4O2/c1-26-19-11-12-23-14-18(19)21(25-26)22(27)20(15-7-4-3-5-8-15)24-16-9-6-10-17(13-16)28-2/h3-10,13,20,23-24H,11-12,14H2,1-2H3. The lowest BCUT2D eigenvalue weighted by molar-refractivity contribution is 0.0963. The number of aryl methyl sites for hydroxylation is 1. The van der Waals surface area contributed by atoms with Gasteiger partial charge in [0.05, 0.1) is 7.11 Å². The molecule has 0 amide bonds. The highest BCUT2D eigenvalue weighted by Crippen LogP contribution is 2.28. The quantitative estimate of drug-likeness (QED) is 0.647. The zero-order valence-corrected chi connectivity index (χ0v) is 16.1. The van der Waals surface area contributed by atoms with Gasteiger partial charge in [0, 0.05) is 49.6 Å². The number of ether oxygens (including phenoxy) is 1. The number of hydrogen-bond acceptors (Lipinski definition) is 5. The average Bonchev–Trinajstić information content (AvgIpc) is 3.09. The van der Waals surface area contributed by atoms with Crippen molar-refractivity contribution in [3.8, 4) is 5.75 Å². The first-order chi connectivity index (χ1) is 13.7. The van der Waals surface area contributed by atoms with Gasteiger partial charge in [0.2, 0.25) is 5.78 Å². The van der Waals surface area contributed by atoms with Gasteiger partial charge >= 0.3 is 0 Å². The van der Waals surface area contributed by atoms with Gasteiger partial charge in [-0.1, -0.05) is 36.4 Å². The van der Waals surface area contributed by atoms with Crippen LogP contribution in [-0.4, -0.2) is 29.2 Å². The van der Waals surface area contributed by atoms with Crippen LogP contribution in [0.1, 0.15) is 33.4 Å². The van der Waals surface area contributed by atoms with Crippen LogP contribution < -0.4 is 15.4 Å². The summed E-state index contributed by atoms with van der Waals surface area (Å²) >= 11 is 0. The largest absolute Gasteiger partial charge is 0.497 e.